The molecule has 1 N–H and O–H groups in total. The molecule has 0 aliphatic carbocycles. The van der Waals surface area contributed by atoms with Crippen LogP contribution in [0.4, 0.5) is 0 Å². The maximum absolute atomic E-state index is 12.0. The standard InChI is InChI=1S/C14H17N3OS/c1-9-3-4-11(19-9)7-17-6-5-13-12(8-17)14(18)16-10(2)15-13/h3-4H,5-8H2,1-2H3,(H,15,16,18). The number of aryl methyl sites for hydroxylation is 2. The number of fused-ring (bicyclic) bond motifs is 1. The molecule has 2 aromatic heterocycles. The Bertz CT molecular complexity index is 659. The van der Waals surface area contributed by atoms with Gasteiger partial charge in [0.15, 0.2) is 0 Å². The largest absolute Gasteiger partial charge is 0.310 e. The Morgan fingerprint density at radius 1 is 1.42 bits per heavy atom. The maximum Gasteiger partial charge on any atom is 0.255 e. The third kappa shape index (κ3) is 2.62. The van der Waals surface area contributed by atoms with Crippen LogP contribution < -0.4 is 5.56 Å². The van der Waals surface area contributed by atoms with Gasteiger partial charge in [0.1, 0.15) is 5.82 Å². The molecule has 0 amide bonds. The van der Waals surface area contributed by atoms with Gasteiger partial charge in [0.25, 0.3) is 5.56 Å². The van der Waals surface area contributed by atoms with E-state index in [4.69, 9.17) is 0 Å². The molecule has 0 unspecified atom stereocenters. The average molecular weight is 275 g/mol. The lowest BCUT2D eigenvalue weighted by molar-refractivity contribution is 0.243. The van der Waals surface area contributed by atoms with E-state index in [2.05, 4.69) is 33.9 Å². The molecule has 0 saturated carbocycles. The first-order valence-corrected chi connectivity index (χ1v) is 7.30. The molecule has 0 aromatic carbocycles. The van der Waals surface area contributed by atoms with Crippen molar-refractivity contribution in [2.24, 2.45) is 0 Å². The lowest BCUT2D eigenvalue weighted by Crippen LogP contribution is -2.35. The van der Waals surface area contributed by atoms with Crippen LogP contribution in [0.5, 0.6) is 0 Å². The normalized spacial score (nSPS) is 15.5. The van der Waals surface area contributed by atoms with Crippen molar-refractivity contribution >= 4 is 11.3 Å². The van der Waals surface area contributed by atoms with Gasteiger partial charge in [-0.05, 0) is 26.0 Å². The molecule has 1 aliphatic heterocycles. The van der Waals surface area contributed by atoms with Gasteiger partial charge >= 0.3 is 0 Å². The number of H-pyrrole nitrogens is 1. The van der Waals surface area contributed by atoms with Crippen LogP contribution in [-0.2, 0) is 19.5 Å². The van der Waals surface area contributed by atoms with E-state index in [-0.39, 0.29) is 5.56 Å². The first-order chi connectivity index (χ1) is 9.11. The Balaban J connectivity index is 1.80. The zero-order chi connectivity index (χ0) is 13.4. The molecule has 0 fully saturated rings. The molecular formula is C14H17N3OS. The summed E-state index contributed by atoms with van der Waals surface area (Å²) in [6.45, 7) is 6.56. The molecule has 0 radical (unpaired) electrons. The van der Waals surface area contributed by atoms with Gasteiger partial charge in [-0.25, -0.2) is 4.98 Å². The van der Waals surface area contributed by atoms with Gasteiger partial charge in [0, 0.05) is 35.8 Å². The van der Waals surface area contributed by atoms with Crippen LogP contribution in [-0.4, -0.2) is 21.4 Å². The van der Waals surface area contributed by atoms with E-state index >= 15 is 0 Å². The Morgan fingerprint density at radius 3 is 3.00 bits per heavy atom. The fourth-order valence-electron chi connectivity index (χ4n) is 2.53. The topological polar surface area (TPSA) is 49.0 Å². The molecule has 2 aromatic rings. The van der Waals surface area contributed by atoms with Gasteiger partial charge in [-0.1, -0.05) is 0 Å². The molecule has 0 spiro atoms. The second-order valence-corrected chi connectivity index (χ2v) is 6.42. The zero-order valence-electron chi connectivity index (χ0n) is 11.2. The van der Waals surface area contributed by atoms with Crippen LogP contribution in [0.1, 0.15) is 26.8 Å². The Morgan fingerprint density at radius 2 is 2.26 bits per heavy atom. The number of nitrogens with one attached hydrogen (secondary N) is 1. The van der Waals surface area contributed by atoms with E-state index in [0.29, 0.717) is 12.4 Å². The summed E-state index contributed by atoms with van der Waals surface area (Å²) in [6.07, 6.45) is 0.866. The molecule has 19 heavy (non-hydrogen) atoms. The Hall–Kier alpha value is -1.46. The minimum atomic E-state index is 0.0227. The number of thiophene rings is 1. The summed E-state index contributed by atoms with van der Waals surface area (Å²) < 4.78 is 0. The smallest absolute Gasteiger partial charge is 0.255 e. The molecule has 0 bridgehead atoms. The van der Waals surface area contributed by atoms with Gasteiger partial charge in [0.2, 0.25) is 0 Å². The number of nitrogens with zero attached hydrogens (tertiary/aromatic N) is 2. The number of hydrogen-bond donors (Lipinski definition) is 1. The maximum atomic E-state index is 12.0. The first kappa shape index (κ1) is 12.6. The SMILES string of the molecule is Cc1nc2c(c(=O)[nH]1)CN(Cc1ccc(C)s1)CC2. The molecule has 1 aliphatic rings. The van der Waals surface area contributed by atoms with E-state index in [1.165, 1.54) is 9.75 Å². The lowest BCUT2D eigenvalue weighted by Gasteiger charge is -2.27. The van der Waals surface area contributed by atoms with Crippen molar-refractivity contribution in [1.29, 1.82) is 0 Å². The fraction of sp³-hybridized carbons (Fsp3) is 0.429. The van der Waals surface area contributed by atoms with Crippen molar-refractivity contribution in [2.75, 3.05) is 6.54 Å². The third-order valence-electron chi connectivity index (χ3n) is 3.44. The predicted molar refractivity (Wildman–Crippen MR) is 76.5 cm³/mol. The molecule has 4 nitrogen and oxygen atoms in total. The number of hydrogen-bond acceptors (Lipinski definition) is 4. The molecule has 0 saturated heterocycles. The summed E-state index contributed by atoms with van der Waals surface area (Å²) in [5.74, 6) is 0.714. The Kier molecular flexibility index (Phi) is 3.24. The molecule has 5 heteroatoms. The lowest BCUT2D eigenvalue weighted by atomic mass is 10.1. The highest BCUT2D eigenvalue weighted by Gasteiger charge is 2.20. The van der Waals surface area contributed by atoms with E-state index in [0.717, 1.165) is 30.8 Å². The van der Waals surface area contributed by atoms with E-state index in [9.17, 15) is 4.79 Å². The van der Waals surface area contributed by atoms with Crippen molar-refractivity contribution in [3.63, 3.8) is 0 Å². The van der Waals surface area contributed by atoms with Crippen LogP contribution in [0.3, 0.4) is 0 Å². The van der Waals surface area contributed by atoms with Crippen LogP contribution in [0.15, 0.2) is 16.9 Å². The van der Waals surface area contributed by atoms with Gasteiger partial charge in [0.05, 0.1) is 11.3 Å². The summed E-state index contributed by atoms with van der Waals surface area (Å²) in [6, 6.07) is 4.32. The van der Waals surface area contributed by atoms with Crippen LogP contribution in [0.2, 0.25) is 0 Å². The quantitative estimate of drug-likeness (QED) is 0.912. The minimum Gasteiger partial charge on any atom is -0.310 e. The summed E-state index contributed by atoms with van der Waals surface area (Å²) in [4.78, 5) is 24.2. The minimum absolute atomic E-state index is 0.0227. The molecule has 0 atom stereocenters. The Labute approximate surface area is 116 Å². The van der Waals surface area contributed by atoms with Crippen molar-refractivity contribution in [3.8, 4) is 0 Å². The first-order valence-electron chi connectivity index (χ1n) is 6.48. The van der Waals surface area contributed by atoms with E-state index in [1.54, 1.807) is 0 Å². The summed E-state index contributed by atoms with van der Waals surface area (Å²) in [5.41, 5.74) is 1.83. The van der Waals surface area contributed by atoms with Crippen LogP contribution in [0.25, 0.3) is 0 Å². The van der Waals surface area contributed by atoms with Crippen LogP contribution >= 0.6 is 11.3 Å². The van der Waals surface area contributed by atoms with Gasteiger partial charge < -0.3 is 4.98 Å². The average Bonchev–Trinajstić information content (AvgIpc) is 2.75. The third-order valence-corrected chi connectivity index (χ3v) is 4.43. The van der Waals surface area contributed by atoms with Gasteiger partial charge in [-0.15, -0.1) is 11.3 Å². The molecule has 100 valence electrons. The molecule has 3 heterocycles. The zero-order valence-corrected chi connectivity index (χ0v) is 12.0. The van der Waals surface area contributed by atoms with E-state index in [1.807, 2.05) is 18.3 Å². The second-order valence-electron chi connectivity index (χ2n) is 5.05. The van der Waals surface area contributed by atoms with Crippen molar-refractivity contribution in [3.05, 3.63) is 49.3 Å². The highest BCUT2D eigenvalue weighted by molar-refractivity contribution is 7.11. The summed E-state index contributed by atoms with van der Waals surface area (Å²) in [7, 11) is 0. The monoisotopic (exact) mass is 275 g/mol. The molecule has 3 rings (SSSR count). The fourth-order valence-corrected chi connectivity index (χ4v) is 3.46. The van der Waals surface area contributed by atoms with Gasteiger partial charge in [-0.2, -0.15) is 0 Å². The summed E-state index contributed by atoms with van der Waals surface area (Å²) in [5, 5.41) is 0. The second kappa shape index (κ2) is 4.90. The highest BCUT2D eigenvalue weighted by Crippen LogP contribution is 2.20. The highest BCUT2D eigenvalue weighted by atomic mass is 32.1. The number of rotatable bonds is 2. The van der Waals surface area contributed by atoms with Crippen molar-refractivity contribution in [1.82, 2.24) is 14.9 Å². The molecular weight excluding hydrogens is 258 g/mol. The van der Waals surface area contributed by atoms with Crippen LogP contribution in [0, 0.1) is 13.8 Å². The van der Waals surface area contributed by atoms with Crippen molar-refractivity contribution in [2.45, 2.75) is 33.4 Å². The van der Waals surface area contributed by atoms with E-state index < -0.39 is 0 Å². The number of aromatic amines is 1. The van der Waals surface area contributed by atoms with Crippen molar-refractivity contribution < 1.29 is 0 Å². The predicted octanol–water partition coefficient (Wildman–Crippen LogP) is 2.01. The number of aromatic nitrogens is 2. The van der Waals surface area contributed by atoms with Gasteiger partial charge in [-0.3, -0.25) is 9.69 Å². The summed E-state index contributed by atoms with van der Waals surface area (Å²) >= 11 is 1.83.